The predicted octanol–water partition coefficient (Wildman–Crippen LogP) is 0.984. The summed E-state index contributed by atoms with van der Waals surface area (Å²) in [5.74, 6) is 0.636. The van der Waals surface area contributed by atoms with Gasteiger partial charge in [0.1, 0.15) is 6.07 Å². The summed E-state index contributed by atoms with van der Waals surface area (Å²) in [4.78, 5) is 1.12. The molecule has 2 heterocycles. The number of hydrogen-bond donors (Lipinski definition) is 2. The number of thiophene rings is 1. The molecule has 6 nitrogen and oxygen atoms in total. The van der Waals surface area contributed by atoms with Gasteiger partial charge in [0.05, 0.1) is 11.6 Å². The highest BCUT2D eigenvalue weighted by atomic mass is 32.1. The van der Waals surface area contributed by atoms with Crippen LogP contribution >= 0.6 is 11.3 Å². The van der Waals surface area contributed by atoms with E-state index in [1.165, 1.54) is 0 Å². The van der Waals surface area contributed by atoms with Crippen LogP contribution in [0, 0.1) is 11.3 Å². The van der Waals surface area contributed by atoms with Crippen LogP contribution in [0.2, 0.25) is 0 Å². The molecule has 1 unspecified atom stereocenters. The molecule has 0 fully saturated rings. The monoisotopic (exact) mass is 234 g/mol. The quantitative estimate of drug-likeness (QED) is 0.823. The molecule has 0 saturated carbocycles. The van der Waals surface area contributed by atoms with Crippen molar-refractivity contribution in [2.24, 2.45) is 0 Å². The average molecular weight is 234 g/mol. The van der Waals surface area contributed by atoms with Crippen LogP contribution in [0.25, 0.3) is 0 Å². The van der Waals surface area contributed by atoms with Crippen LogP contribution in [-0.4, -0.2) is 20.6 Å². The Morgan fingerprint density at radius 1 is 1.69 bits per heavy atom. The fourth-order valence-electron chi connectivity index (χ4n) is 1.23. The van der Waals surface area contributed by atoms with Crippen molar-refractivity contribution in [2.75, 3.05) is 0 Å². The second-order valence-electron chi connectivity index (χ2n) is 3.29. The molecule has 0 aliphatic carbocycles. The van der Waals surface area contributed by atoms with Gasteiger partial charge < -0.3 is 5.32 Å². The van der Waals surface area contributed by atoms with E-state index in [4.69, 9.17) is 5.26 Å². The Kier molecular flexibility index (Phi) is 3.24. The summed E-state index contributed by atoms with van der Waals surface area (Å²) in [6.45, 7) is 2.66. The van der Waals surface area contributed by atoms with Crippen molar-refractivity contribution in [1.82, 2.24) is 25.9 Å². The van der Waals surface area contributed by atoms with Gasteiger partial charge in [-0.15, -0.1) is 21.5 Å². The van der Waals surface area contributed by atoms with E-state index < -0.39 is 0 Å². The Hall–Kier alpha value is -1.78. The van der Waals surface area contributed by atoms with Gasteiger partial charge in [-0.25, -0.2) is 0 Å². The van der Waals surface area contributed by atoms with Crippen LogP contribution in [0.1, 0.15) is 29.2 Å². The predicted molar refractivity (Wildman–Crippen MR) is 58.5 cm³/mol. The molecule has 0 bridgehead atoms. The van der Waals surface area contributed by atoms with Gasteiger partial charge in [-0.3, -0.25) is 0 Å². The smallest absolute Gasteiger partial charge is 0.191 e. The highest BCUT2D eigenvalue weighted by molar-refractivity contribution is 7.10. The molecule has 82 valence electrons. The van der Waals surface area contributed by atoms with Crippen molar-refractivity contribution in [2.45, 2.75) is 19.5 Å². The maximum absolute atomic E-state index is 8.68. The number of nitriles is 1. The Balaban J connectivity index is 1.90. The first-order valence-corrected chi connectivity index (χ1v) is 5.62. The fourth-order valence-corrected chi connectivity index (χ4v) is 1.99. The zero-order chi connectivity index (χ0) is 11.4. The summed E-state index contributed by atoms with van der Waals surface area (Å²) in [7, 11) is 0. The van der Waals surface area contributed by atoms with Gasteiger partial charge in [-0.2, -0.15) is 10.5 Å². The zero-order valence-corrected chi connectivity index (χ0v) is 9.45. The lowest BCUT2D eigenvalue weighted by atomic mass is 10.3. The largest absolute Gasteiger partial charge is 0.302 e. The van der Waals surface area contributed by atoms with Crippen molar-refractivity contribution in [3.63, 3.8) is 0 Å². The van der Waals surface area contributed by atoms with Gasteiger partial charge in [0.2, 0.25) is 0 Å². The maximum atomic E-state index is 8.68. The van der Waals surface area contributed by atoms with E-state index in [1.807, 2.05) is 18.4 Å². The van der Waals surface area contributed by atoms with Crippen LogP contribution < -0.4 is 5.32 Å². The van der Waals surface area contributed by atoms with E-state index in [-0.39, 0.29) is 6.04 Å². The number of aromatic amines is 1. The summed E-state index contributed by atoms with van der Waals surface area (Å²) in [6.07, 6.45) is 0. The van der Waals surface area contributed by atoms with Crippen LogP contribution in [0.4, 0.5) is 0 Å². The SMILES string of the molecule is CC(NCc1cc(C#N)cs1)c1nn[nH]n1. The van der Waals surface area contributed by atoms with E-state index in [2.05, 4.69) is 32.0 Å². The molecule has 2 aromatic rings. The summed E-state index contributed by atoms with van der Waals surface area (Å²) >= 11 is 1.56. The third-order valence-electron chi connectivity index (χ3n) is 2.11. The Morgan fingerprint density at radius 2 is 2.56 bits per heavy atom. The Bertz CT molecular complexity index is 482. The number of nitrogens with zero attached hydrogens (tertiary/aromatic N) is 4. The third-order valence-corrected chi connectivity index (χ3v) is 3.05. The molecule has 0 radical (unpaired) electrons. The maximum Gasteiger partial charge on any atom is 0.191 e. The minimum absolute atomic E-state index is 0.0337. The molecule has 2 rings (SSSR count). The number of H-pyrrole nitrogens is 1. The first kappa shape index (κ1) is 10.7. The first-order chi connectivity index (χ1) is 7.79. The number of tetrazole rings is 1. The number of nitrogens with one attached hydrogen (secondary N) is 2. The summed E-state index contributed by atoms with van der Waals surface area (Å²) in [5.41, 5.74) is 0.703. The van der Waals surface area contributed by atoms with E-state index >= 15 is 0 Å². The van der Waals surface area contributed by atoms with Crippen LogP contribution in [0.3, 0.4) is 0 Å². The van der Waals surface area contributed by atoms with Gasteiger partial charge >= 0.3 is 0 Å². The number of rotatable bonds is 4. The summed E-state index contributed by atoms with van der Waals surface area (Å²) in [6, 6.07) is 4.01. The third kappa shape index (κ3) is 2.42. The molecule has 2 aromatic heterocycles. The molecule has 0 aliphatic rings. The molecule has 0 amide bonds. The molecular weight excluding hydrogens is 224 g/mol. The van der Waals surface area contributed by atoms with Crippen molar-refractivity contribution in [3.8, 4) is 6.07 Å². The number of hydrogen-bond acceptors (Lipinski definition) is 6. The molecule has 0 saturated heterocycles. The Morgan fingerprint density at radius 3 is 3.19 bits per heavy atom. The van der Waals surface area contributed by atoms with Crippen molar-refractivity contribution < 1.29 is 0 Å². The standard InChI is InChI=1S/C9H10N6S/c1-6(9-12-14-15-13-9)11-4-8-2-7(3-10)5-16-8/h2,5-6,11H,4H2,1H3,(H,12,13,14,15). The second kappa shape index (κ2) is 4.83. The highest BCUT2D eigenvalue weighted by Gasteiger charge is 2.09. The minimum atomic E-state index is 0.0337. The van der Waals surface area contributed by atoms with E-state index in [0.29, 0.717) is 17.9 Å². The molecule has 0 aromatic carbocycles. The molecule has 0 spiro atoms. The molecule has 0 aliphatic heterocycles. The van der Waals surface area contributed by atoms with E-state index in [1.54, 1.807) is 11.3 Å². The second-order valence-corrected chi connectivity index (χ2v) is 4.28. The Labute approximate surface area is 96.3 Å². The molecular formula is C9H10N6S. The van der Waals surface area contributed by atoms with Gasteiger partial charge in [-0.1, -0.05) is 5.21 Å². The summed E-state index contributed by atoms with van der Waals surface area (Å²) < 4.78 is 0. The van der Waals surface area contributed by atoms with Crippen LogP contribution in [0.5, 0.6) is 0 Å². The van der Waals surface area contributed by atoms with E-state index in [0.717, 1.165) is 4.88 Å². The zero-order valence-electron chi connectivity index (χ0n) is 8.64. The normalized spacial score (nSPS) is 12.2. The van der Waals surface area contributed by atoms with Gasteiger partial charge in [0, 0.05) is 16.8 Å². The van der Waals surface area contributed by atoms with Crippen LogP contribution in [0.15, 0.2) is 11.4 Å². The van der Waals surface area contributed by atoms with E-state index in [9.17, 15) is 0 Å². The van der Waals surface area contributed by atoms with Crippen LogP contribution in [-0.2, 0) is 6.54 Å². The molecule has 1 atom stereocenters. The molecule has 16 heavy (non-hydrogen) atoms. The first-order valence-electron chi connectivity index (χ1n) is 4.74. The highest BCUT2D eigenvalue weighted by Crippen LogP contribution is 2.14. The minimum Gasteiger partial charge on any atom is -0.302 e. The lowest BCUT2D eigenvalue weighted by Crippen LogP contribution is -2.18. The van der Waals surface area contributed by atoms with Gasteiger partial charge in [-0.05, 0) is 13.0 Å². The van der Waals surface area contributed by atoms with Gasteiger partial charge in [0.25, 0.3) is 0 Å². The van der Waals surface area contributed by atoms with Crippen molar-refractivity contribution >= 4 is 11.3 Å². The average Bonchev–Trinajstić information content (AvgIpc) is 2.96. The number of aromatic nitrogens is 4. The molecule has 7 heteroatoms. The lowest BCUT2D eigenvalue weighted by molar-refractivity contribution is 0.550. The molecule has 2 N–H and O–H groups in total. The van der Waals surface area contributed by atoms with Gasteiger partial charge in [0.15, 0.2) is 5.82 Å². The summed E-state index contributed by atoms with van der Waals surface area (Å²) in [5, 5.41) is 27.5. The fraction of sp³-hybridized carbons (Fsp3) is 0.333. The lowest BCUT2D eigenvalue weighted by Gasteiger charge is -2.07. The van der Waals surface area contributed by atoms with Crippen molar-refractivity contribution in [1.29, 1.82) is 5.26 Å². The topological polar surface area (TPSA) is 90.3 Å². The van der Waals surface area contributed by atoms with Crippen molar-refractivity contribution in [3.05, 3.63) is 27.7 Å².